The second kappa shape index (κ2) is 8.19. The number of aromatic nitrogens is 2. The topological polar surface area (TPSA) is 74.5 Å². The maximum atomic E-state index is 12.5. The number of halogens is 2. The van der Waals surface area contributed by atoms with E-state index in [4.69, 9.17) is 4.52 Å². The van der Waals surface area contributed by atoms with Crippen LogP contribution in [-0.2, 0) is 0 Å². The number of rotatable bonds is 5. The number of nitrogens with one attached hydrogen (secondary N) is 1. The maximum absolute atomic E-state index is 12.5. The third-order valence-corrected chi connectivity index (χ3v) is 3.83. The highest BCUT2D eigenvalue weighted by Crippen LogP contribution is 2.14. The van der Waals surface area contributed by atoms with Crippen molar-refractivity contribution in [1.29, 1.82) is 0 Å². The van der Waals surface area contributed by atoms with Gasteiger partial charge in [-0.1, -0.05) is 12.1 Å². The van der Waals surface area contributed by atoms with Gasteiger partial charge in [-0.05, 0) is 12.8 Å². The van der Waals surface area contributed by atoms with Crippen LogP contribution in [0.2, 0.25) is 0 Å². The highest BCUT2D eigenvalue weighted by Gasteiger charge is 2.24. The van der Waals surface area contributed by atoms with Gasteiger partial charge in [0.2, 0.25) is 5.89 Å². The lowest BCUT2D eigenvalue weighted by atomic mass is 10.2. The fourth-order valence-electron chi connectivity index (χ4n) is 2.60. The predicted octanol–water partition coefficient (Wildman–Crippen LogP) is 1.81. The molecule has 0 aromatic carbocycles. The van der Waals surface area contributed by atoms with E-state index in [1.807, 2.05) is 6.92 Å². The molecule has 1 atom stereocenters. The number of urea groups is 1. The molecule has 7 nitrogen and oxygen atoms in total. The van der Waals surface area contributed by atoms with Gasteiger partial charge in [-0.2, -0.15) is 4.98 Å². The molecular formula is C14H23F2N5O2. The van der Waals surface area contributed by atoms with Crippen molar-refractivity contribution < 1.29 is 18.1 Å². The van der Waals surface area contributed by atoms with Gasteiger partial charge in [-0.3, -0.25) is 4.90 Å². The number of nitrogens with zero attached hydrogens (tertiary/aromatic N) is 4. The summed E-state index contributed by atoms with van der Waals surface area (Å²) in [5.41, 5.74) is 0. The summed E-state index contributed by atoms with van der Waals surface area (Å²) in [7, 11) is 0. The molecule has 1 aliphatic heterocycles. The number of hydrogen-bond acceptors (Lipinski definition) is 5. The largest absolute Gasteiger partial charge is 0.340 e. The maximum Gasteiger partial charge on any atom is 0.318 e. The second-order valence-corrected chi connectivity index (χ2v) is 5.61. The molecule has 23 heavy (non-hydrogen) atoms. The van der Waals surface area contributed by atoms with E-state index in [0.717, 1.165) is 0 Å². The third-order valence-electron chi connectivity index (χ3n) is 3.83. The van der Waals surface area contributed by atoms with Gasteiger partial charge < -0.3 is 14.7 Å². The molecule has 1 aliphatic rings. The molecule has 9 heteroatoms. The summed E-state index contributed by atoms with van der Waals surface area (Å²) in [6.07, 6.45) is -1.03. The molecule has 1 N–H and O–H groups in total. The summed E-state index contributed by atoms with van der Waals surface area (Å²) in [6.45, 7) is 5.38. The highest BCUT2D eigenvalue weighted by molar-refractivity contribution is 5.74. The van der Waals surface area contributed by atoms with E-state index in [9.17, 15) is 13.6 Å². The molecule has 1 fully saturated rings. The average Bonchev–Trinajstić information content (AvgIpc) is 2.79. The number of alkyl halides is 2. The van der Waals surface area contributed by atoms with Crippen LogP contribution in [-0.4, -0.2) is 65.1 Å². The molecule has 0 aliphatic carbocycles. The Balaban J connectivity index is 1.89. The van der Waals surface area contributed by atoms with Crippen molar-refractivity contribution >= 4 is 6.03 Å². The molecule has 130 valence electrons. The molecule has 1 unspecified atom stereocenters. The zero-order valence-corrected chi connectivity index (χ0v) is 13.5. The van der Waals surface area contributed by atoms with Crippen molar-refractivity contribution in [3.8, 4) is 0 Å². The smallest absolute Gasteiger partial charge is 0.318 e. The summed E-state index contributed by atoms with van der Waals surface area (Å²) >= 11 is 0. The normalized spacial score (nSPS) is 18.0. The summed E-state index contributed by atoms with van der Waals surface area (Å²) in [4.78, 5) is 19.9. The molecule has 2 heterocycles. The van der Waals surface area contributed by atoms with Crippen LogP contribution in [0.3, 0.4) is 0 Å². The fourth-order valence-corrected chi connectivity index (χ4v) is 2.60. The van der Waals surface area contributed by atoms with E-state index in [1.54, 1.807) is 16.7 Å². The first-order valence-electron chi connectivity index (χ1n) is 7.85. The van der Waals surface area contributed by atoms with Crippen LogP contribution in [0.4, 0.5) is 13.6 Å². The SMILES string of the molecule is CCC(NC(=O)N1CCCN(CC(F)F)CC1)c1noc(C)n1. The highest BCUT2D eigenvalue weighted by atomic mass is 19.3. The Bertz CT molecular complexity index is 511. The first-order chi connectivity index (χ1) is 11.0. The third kappa shape index (κ3) is 5.12. The monoisotopic (exact) mass is 331 g/mol. The molecule has 1 aromatic rings. The lowest BCUT2D eigenvalue weighted by Gasteiger charge is -2.24. The van der Waals surface area contributed by atoms with Crippen LogP contribution in [0.5, 0.6) is 0 Å². The molecule has 2 amide bonds. The van der Waals surface area contributed by atoms with Crippen LogP contribution >= 0.6 is 0 Å². The van der Waals surface area contributed by atoms with Crippen LogP contribution in [0.15, 0.2) is 4.52 Å². The molecule has 2 rings (SSSR count). The van der Waals surface area contributed by atoms with E-state index < -0.39 is 6.43 Å². The van der Waals surface area contributed by atoms with Gasteiger partial charge >= 0.3 is 6.03 Å². The van der Waals surface area contributed by atoms with Crippen molar-refractivity contribution in [2.75, 3.05) is 32.7 Å². The summed E-state index contributed by atoms with van der Waals surface area (Å²) in [5, 5.41) is 6.72. The van der Waals surface area contributed by atoms with Crippen molar-refractivity contribution in [1.82, 2.24) is 25.3 Å². The number of amides is 2. The molecule has 1 aromatic heterocycles. The Morgan fingerprint density at radius 2 is 2.13 bits per heavy atom. The minimum absolute atomic E-state index is 0.224. The lowest BCUT2D eigenvalue weighted by molar-refractivity contribution is 0.0903. The quantitative estimate of drug-likeness (QED) is 0.891. The number of aryl methyl sites for hydroxylation is 1. The van der Waals surface area contributed by atoms with Gasteiger partial charge in [-0.25, -0.2) is 13.6 Å². The number of hydrogen-bond donors (Lipinski definition) is 1. The zero-order chi connectivity index (χ0) is 16.8. The Morgan fingerprint density at radius 1 is 1.35 bits per heavy atom. The van der Waals surface area contributed by atoms with Gasteiger partial charge in [0.15, 0.2) is 5.82 Å². The molecule has 0 radical (unpaired) electrons. The lowest BCUT2D eigenvalue weighted by Crippen LogP contribution is -2.43. The van der Waals surface area contributed by atoms with Crippen molar-refractivity contribution in [3.63, 3.8) is 0 Å². The van der Waals surface area contributed by atoms with Crippen LogP contribution in [0.25, 0.3) is 0 Å². The molecule has 0 saturated carbocycles. The standard InChI is InChI=1S/C14H23F2N5O2/c1-3-11(13-17-10(2)23-19-13)18-14(22)21-6-4-5-20(7-8-21)9-12(15)16/h11-12H,3-9H2,1-2H3,(H,18,22). The zero-order valence-electron chi connectivity index (χ0n) is 13.5. The van der Waals surface area contributed by atoms with Crippen molar-refractivity contribution in [3.05, 3.63) is 11.7 Å². The Hall–Kier alpha value is -1.77. The first kappa shape index (κ1) is 17.6. The molecular weight excluding hydrogens is 308 g/mol. The second-order valence-electron chi connectivity index (χ2n) is 5.61. The van der Waals surface area contributed by atoms with Crippen molar-refractivity contribution in [2.45, 2.75) is 39.2 Å². The van der Waals surface area contributed by atoms with Gasteiger partial charge in [0.1, 0.15) is 0 Å². The van der Waals surface area contributed by atoms with E-state index in [-0.39, 0.29) is 18.6 Å². The van der Waals surface area contributed by atoms with E-state index in [2.05, 4.69) is 15.5 Å². The van der Waals surface area contributed by atoms with E-state index in [1.165, 1.54) is 0 Å². The van der Waals surface area contributed by atoms with Crippen LogP contribution in [0.1, 0.15) is 37.5 Å². The Morgan fingerprint density at radius 3 is 2.74 bits per heavy atom. The van der Waals surface area contributed by atoms with Crippen LogP contribution in [0, 0.1) is 6.92 Å². The van der Waals surface area contributed by atoms with Gasteiger partial charge in [-0.15, -0.1) is 0 Å². The van der Waals surface area contributed by atoms with E-state index in [0.29, 0.717) is 50.7 Å². The summed E-state index contributed by atoms with van der Waals surface area (Å²) in [6, 6.07) is -0.543. The Labute approximate surface area is 134 Å². The van der Waals surface area contributed by atoms with Gasteiger partial charge in [0.25, 0.3) is 6.43 Å². The summed E-state index contributed by atoms with van der Waals surface area (Å²) < 4.78 is 29.9. The fraction of sp³-hybridized carbons (Fsp3) is 0.786. The van der Waals surface area contributed by atoms with Gasteiger partial charge in [0, 0.05) is 33.1 Å². The Kier molecular flexibility index (Phi) is 6.26. The average molecular weight is 331 g/mol. The molecule has 0 spiro atoms. The van der Waals surface area contributed by atoms with Crippen LogP contribution < -0.4 is 5.32 Å². The minimum Gasteiger partial charge on any atom is -0.340 e. The van der Waals surface area contributed by atoms with E-state index >= 15 is 0 Å². The number of carbonyl (C=O) groups excluding carboxylic acids is 1. The number of carbonyl (C=O) groups is 1. The predicted molar refractivity (Wildman–Crippen MR) is 79.2 cm³/mol. The van der Waals surface area contributed by atoms with Gasteiger partial charge in [0.05, 0.1) is 12.6 Å². The first-order valence-corrected chi connectivity index (χ1v) is 7.85. The molecule has 1 saturated heterocycles. The minimum atomic E-state index is -2.35. The summed E-state index contributed by atoms with van der Waals surface area (Å²) in [5.74, 6) is 0.901. The van der Waals surface area contributed by atoms with Crippen molar-refractivity contribution in [2.24, 2.45) is 0 Å². The molecule has 0 bridgehead atoms.